The highest BCUT2D eigenvalue weighted by Gasteiger charge is 2.49. The average molecular weight is 400 g/mol. The molecule has 1 aliphatic rings. The Morgan fingerprint density at radius 3 is 2.45 bits per heavy atom. The van der Waals surface area contributed by atoms with Gasteiger partial charge in [-0.2, -0.15) is 0 Å². The fourth-order valence-electron chi connectivity index (χ4n) is 3.17. The molecule has 1 N–H and O–H groups in total. The van der Waals surface area contributed by atoms with E-state index < -0.39 is 36.1 Å². The highest BCUT2D eigenvalue weighted by Crippen LogP contribution is 2.26. The normalized spacial score (nSPS) is 16.6. The summed E-state index contributed by atoms with van der Waals surface area (Å²) in [6, 6.07) is 6.96. The number of ether oxygens (including phenoxy) is 1. The maximum atomic E-state index is 12.6. The lowest BCUT2D eigenvalue weighted by atomic mass is 9.93. The minimum absolute atomic E-state index is 0.127. The second kappa shape index (κ2) is 8.02. The zero-order valence-corrected chi connectivity index (χ0v) is 16.9. The van der Waals surface area contributed by atoms with E-state index in [0.29, 0.717) is 18.7 Å². The number of esters is 1. The largest absolute Gasteiger partial charge is 0.451 e. The molecule has 2 heterocycles. The molecule has 0 saturated carbocycles. The van der Waals surface area contributed by atoms with Crippen molar-refractivity contribution in [2.24, 2.45) is 0 Å². The van der Waals surface area contributed by atoms with Gasteiger partial charge in [0.05, 0.1) is 0 Å². The summed E-state index contributed by atoms with van der Waals surface area (Å²) in [5, 5.41) is 10.6. The van der Waals surface area contributed by atoms with Crippen LogP contribution >= 0.6 is 0 Å². The van der Waals surface area contributed by atoms with E-state index in [1.807, 2.05) is 45.0 Å². The van der Waals surface area contributed by atoms with E-state index in [1.165, 1.54) is 0 Å². The van der Waals surface area contributed by atoms with Gasteiger partial charge in [0.15, 0.2) is 6.10 Å². The van der Waals surface area contributed by atoms with E-state index in [2.05, 4.69) is 15.5 Å². The molecule has 1 saturated heterocycles. The van der Waals surface area contributed by atoms with Gasteiger partial charge in [-0.25, -0.2) is 4.79 Å². The maximum absolute atomic E-state index is 12.6. The molecule has 9 heteroatoms. The van der Waals surface area contributed by atoms with Gasteiger partial charge in [0.25, 0.3) is 11.8 Å². The Bertz CT molecular complexity index is 917. The van der Waals surface area contributed by atoms with Gasteiger partial charge >= 0.3 is 12.0 Å². The first-order valence-corrected chi connectivity index (χ1v) is 9.53. The van der Waals surface area contributed by atoms with Gasteiger partial charge in [0.2, 0.25) is 5.89 Å². The predicted octanol–water partition coefficient (Wildman–Crippen LogP) is 2.76. The fraction of sp³-hybridized carbons (Fsp3) is 0.450. The van der Waals surface area contributed by atoms with E-state index >= 15 is 0 Å². The van der Waals surface area contributed by atoms with Gasteiger partial charge in [0, 0.05) is 5.56 Å². The van der Waals surface area contributed by atoms with Crippen molar-refractivity contribution in [1.29, 1.82) is 0 Å². The number of hydrogen-bond acceptors (Lipinski definition) is 7. The number of benzene rings is 1. The van der Waals surface area contributed by atoms with Crippen LogP contribution in [0.5, 0.6) is 0 Å². The Morgan fingerprint density at radius 2 is 1.86 bits per heavy atom. The number of urea groups is 1. The summed E-state index contributed by atoms with van der Waals surface area (Å²) in [6.45, 7) is 6.70. The maximum Gasteiger partial charge on any atom is 0.327 e. The molecule has 1 atom stereocenters. The van der Waals surface area contributed by atoms with E-state index in [0.717, 1.165) is 16.0 Å². The first kappa shape index (κ1) is 20.5. The number of amides is 3. The molecular formula is C20H24N4O5. The quantitative estimate of drug-likeness (QED) is 0.561. The molecule has 0 unspecified atom stereocenters. The number of rotatable bonds is 7. The SMILES string of the molecule is CCC1(CC)NC(=O)N(CC(=O)O[C@@H](C)c2nnc(-c3ccc(C)cc3)o2)C1=O. The fourth-order valence-corrected chi connectivity index (χ4v) is 3.17. The molecule has 1 aromatic heterocycles. The van der Waals surface area contributed by atoms with Crippen LogP contribution in [0.15, 0.2) is 28.7 Å². The van der Waals surface area contributed by atoms with E-state index in [4.69, 9.17) is 9.15 Å². The summed E-state index contributed by atoms with van der Waals surface area (Å²) in [5.74, 6) is -0.717. The highest BCUT2D eigenvalue weighted by atomic mass is 16.6. The summed E-state index contributed by atoms with van der Waals surface area (Å²) in [5.41, 5.74) is 0.896. The molecule has 0 spiro atoms. The minimum atomic E-state index is -0.960. The van der Waals surface area contributed by atoms with Crippen LogP contribution in [-0.2, 0) is 14.3 Å². The second-order valence-electron chi connectivity index (χ2n) is 7.05. The number of carbonyl (C=O) groups is 3. The molecule has 0 radical (unpaired) electrons. The molecule has 154 valence electrons. The molecule has 1 aromatic carbocycles. The lowest BCUT2D eigenvalue weighted by molar-refractivity contribution is -0.152. The van der Waals surface area contributed by atoms with Crippen molar-refractivity contribution >= 4 is 17.9 Å². The summed E-state index contributed by atoms with van der Waals surface area (Å²) < 4.78 is 10.9. The Balaban J connectivity index is 1.63. The zero-order valence-electron chi connectivity index (χ0n) is 16.9. The Hall–Kier alpha value is -3.23. The van der Waals surface area contributed by atoms with Crippen LogP contribution in [0.25, 0.3) is 11.5 Å². The molecule has 3 rings (SSSR count). The van der Waals surface area contributed by atoms with Crippen molar-refractivity contribution in [3.05, 3.63) is 35.7 Å². The third kappa shape index (κ3) is 3.98. The first-order valence-electron chi connectivity index (χ1n) is 9.53. The van der Waals surface area contributed by atoms with Crippen molar-refractivity contribution in [3.8, 4) is 11.5 Å². The van der Waals surface area contributed by atoms with Gasteiger partial charge in [-0.15, -0.1) is 10.2 Å². The van der Waals surface area contributed by atoms with Gasteiger partial charge in [-0.1, -0.05) is 31.5 Å². The Labute approximate surface area is 168 Å². The standard InChI is InChI=1S/C20H24N4O5/c1-5-20(6-2)18(26)24(19(27)21-20)11-15(25)28-13(4)16-22-23-17(29-16)14-9-7-12(3)8-10-14/h7-10,13H,5-6,11H2,1-4H3,(H,21,27)/t13-/m0/s1. The number of hydrogen-bond donors (Lipinski definition) is 1. The molecule has 1 fully saturated rings. The van der Waals surface area contributed by atoms with E-state index in [9.17, 15) is 14.4 Å². The lowest BCUT2D eigenvalue weighted by Crippen LogP contribution is -2.46. The molecule has 0 bridgehead atoms. The number of imide groups is 1. The third-order valence-electron chi connectivity index (χ3n) is 5.14. The number of carbonyl (C=O) groups excluding carboxylic acids is 3. The monoisotopic (exact) mass is 400 g/mol. The summed E-state index contributed by atoms with van der Waals surface area (Å²) in [4.78, 5) is 37.9. The van der Waals surface area contributed by atoms with Crippen molar-refractivity contribution in [2.75, 3.05) is 6.54 Å². The molecule has 9 nitrogen and oxygen atoms in total. The van der Waals surface area contributed by atoms with E-state index in [1.54, 1.807) is 6.92 Å². The topological polar surface area (TPSA) is 115 Å². The first-order chi connectivity index (χ1) is 13.8. The molecule has 29 heavy (non-hydrogen) atoms. The molecule has 2 aromatic rings. The smallest absolute Gasteiger partial charge is 0.327 e. The zero-order chi connectivity index (χ0) is 21.2. The van der Waals surface area contributed by atoms with Crippen LogP contribution in [0.3, 0.4) is 0 Å². The van der Waals surface area contributed by atoms with Crippen LogP contribution in [0.4, 0.5) is 4.79 Å². The Morgan fingerprint density at radius 1 is 1.21 bits per heavy atom. The van der Waals surface area contributed by atoms with Crippen LogP contribution in [-0.4, -0.2) is 45.1 Å². The molecule has 0 aliphatic carbocycles. The van der Waals surface area contributed by atoms with Gasteiger partial charge in [0.1, 0.15) is 12.1 Å². The second-order valence-corrected chi connectivity index (χ2v) is 7.05. The minimum Gasteiger partial charge on any atom is -0.451 e. The highest BCUT2D eigenvalue weighted by molar-refractivity contribution is 6.08. The number of nitrogens with zero attached hydrogens (tertiary/aromatic N) is 3. The molecule has 1 aliphatic heterocycles. The predicted molar refractivity (Wildman–Crippen MR) is 103 cm³/mol. The van der Waals surface area contributed by atoms with Crippen LogP contribution in [0.2, 0.25) is 0 Å². The molecular weight excluding hydrogens is 376 g/mol. The summed E-state index contributed by atoms with van der Waals surface area (Å²) >= 11 is 0. The van der Waals surface area contributed by atoms with Crippen molar-refractivity contribution in [3.63, 3.8) is 0 Å². The van der Waals surface area contributed by atoms with Gasteiger partial charge < -0.3 is 14.5 Å². The van der Waals surface area contributed by atoms with Crippen LogP contribution in [0.1, 0.15) is 51.2 Å². The number of nitrogens with one attached hydrogen (secondary N) is 1. The van der Waals surface area contributed by atoms with Gasteiger partial charge in [-0.3, -0.25) is 14.5 Å². The van der Waals surface area contributed by atoms with Gasteiger partial charge in [-0.05, 0) is 38.8 Å². The van der Waals surface area contributed by atoms with E-state index in [-0.39, 0.29) is 5.89 Å². The lowest BCUT2D eigenvalue weighted by Gasteiger charge is -2.23. The van der Waals surface area contributed by atoms with Crippen molar-refractivity contribution in [2.45, 2.75) is 52.2 Å². The van der Waals surface area contributed by atoms with Crippen molar-refractivity contribution in [1.82, 2.24) is 20.4 Å². The Kier molecular flexibility index (Phi) is 5.67. The van der Waals surface area contributed by atoms with Crippen molar-refractivity contribution < 1.29 is 23.5 Å². The van der Waals surface area contributed by atoms with Crippen LogP contribution in [0, 0.1) is 6.92 Å². The number of aryl methyl sites for hydroxylation is 1. The third-order valence-corrected chi connectivity index (χ3v) is 5.14. The average Bonchev–Trinajstić information content (AvgIpc) is 3.28. The summed E-state index contributed by atoms with van der Waals surface area (Å²) in [7, 11) is 0. The molecule has 3 amide bonds. The number of aromatic nitrogens is 2. The summed E-state index contributed by atoms with van der Waals surface area (Å²) in [6.07, 6.45) is 0.0663. The van der Waals surface area contributed by atoms with Crippen LogP contribution < -0.4 is 5.32 Å².